The van der Waals surface area contributed by atoms with E-state index in [4.69, 9.17) is 25.1 Å². The van der Waals surface area contributed by atoms with E-state index in [-0.39, 0.29) is 0 Å². The molecular formula is C6H13O8P. The van der Waals surface area contributed by atoms with Gasteiger partial charge in [-0.05, 0) is 6.92 Å². The molecule has 90 valence electrons. The van der Waals surface area contributed by atoms with Crippen molar-refractivity contribution in [2.75, 3.05) is 6.61 Å². The number of hydrogen-bond donors (Lipinski definition) is 5. The monoisotopic (exact) mass is 244 g/mol. The maximum atomic E-state index is 10.9. The fraction of sp³-hybridized carbons (Fsp3) is 0.833. The van der Waals surface area contributed by atoms with Crippen molar-refractivity contribution in [1.82, 2.24) is 0 Å². The topological polar surface area (TPSA) is 145 Å². The molecule has 0 aromatic carbocycles. The summed E-state index contributed by atoms with van der Waals surface area (Å²) in [6.45, 7) is 0.0974. The van der Waals surface area contributed by atoms with Crippen LogP contribution in [0, 0.1) is 0 Å². The Morgan fingerprint density at radius 1 is 1.33 bits per heavy atom. The number of carbonyl (C=O) groups is 1. The summed E-state index contributed by atoms with van der Waals surface area (Å²) >= 11 is 0. The van der Waals surface area contributed by atoms with Crippen LogP contribution in [0.25, 0.3) is 0 Å². The summed E-state index contributed by atoms with van der Waals surface area (Å²) in [6.07, 6.45) is -5.02. The zero-order valence-electron chi connectivity index (χ0n) is 7.85. The van der Waals surface area contributed by atoms with Crippen LogP contribution < -0.4 is 0 Å². The fourth-order valence-electron chi connectivity index (χ4n) is 0.687. The molecule has 0 aliphatic carbocycles. The lowest BCUT2D eigenvalue weighted by Crippen LogP contribution is -2.42. The highest BCUT2D eigenvalue weighted by atomic mass is 31.2. The van der Waals surface area contributed by atoms with Crippen LogP contribution in [-0.4, -0.2) is 55.8 Å². The van der Waals surface area contributed by atoms with Gasteiger partial charge in [0.15, 0.2) is 5.78 Å². The lowest BCUT2D eigenvalue weighted by Gasteiger charge is -2.18. The summed E-state index contributed by atoms with van der Waals surface area (Å²) in [4.78, 5) is 27.4. The van der Waals surface area contributed by atoms with E-state index < -0.39 is 38.5 Å². The number of carbonyl (C=O) groups excluding carboxylic acids is 1. The highest BCUT2D eigenvalue weighted by Crippen LogP contribution is 2.35. The minimum atomic E-state index is -4.79. The van der Waals surface area contributed by atoms with Crippen LogP contribution in [-0.2, 0) is 13.9 Å². The molecule has 0 fully saturated rings. The zero-order valence-corrected chi connectivity index (χ0v) is 8.74. The van der Waals surface area contributed by atoms with Gasteiger partial charge in [-0.3, -0.25) is 9.32 Å². The van der Waals surface area contributed by atoms with Crippen molar-refractivity contribution >= 4 is 13.6 Å². The van der Waals surface area contributed by atoms with E-state index in [1.54, 1.807) is 0 Å². The number of ketones is 1. The standard InChI is InChI=1S/C6H13O8P/c1-3(7)5(9)6(10)4(8)2-14-15(11,12)13/h3,5-7,9-10H,2H2,1H3,(H2,11,12,13)/t3-,5+,6+/m1/s1. The Morgan fingerprint density at radius 2 is 1.80 bits per heavy atom. The second kappa shape index (κ2) is 5.66. The number of aliphatic hydroxyl groups is 3. The largest absolute Gasteiger partial charge is 0.470 e. The smallest absolute Gasteiger partial charge is 0.391 e. The molecule has 0 saturated carbocycles. The van der Waals surface area contributed by atoms with Gasteiger partial charge in [-0.2, -0.15) is 0 Å². The minimum absolute atomic E-state index is 1.05. The Balaban J connectivity index is 4.17. The second-order valence-electron chi connectivity index (χ2n) is 2.91. The van der Waals surface area contributed by atoms with Crippen LogP contribution in [0.5, 0.6) is 0 Å². The number of phosphoric acid groups is 1. The lowest BCUT2D eigenvalue weighted by atomic mass is 10.1. The van der Waals surface area contributed by atoms with Gasteiger partial charge in [0.1, 0.15) is 18.8 Å². The van der Waals surface area contributed by atoms with E-state index in [0.29, 0.717) is 0 Å². The van der Waals surface area contributed by atoms with Crippen molar-refractivity contribution in [2.24, 2.45) is 0 Å². The molecule has 0 aliphatic heterocycles. The van der Waals surface area contributed by atoms with Gasteiger partial charge in [-0.15, -0.1) is 0 Å². The average Bonchev–Trinajstić information content (AvgIpc) is 2.10. The van der Waals surface area contributed by atoms with Gasteiger partial charge in [0.2, 0.25) is 0 Å². The molecule has 0 spiro atoms. The summed E-state index contributed by atoms with van der Waals surface area (Å²) < 4.78 is 14.0. The normalized spacial score (nSPS) is 18.3. The van der Waals surface area contributed by atoms with E-state index in [1.165, 1.54) is 0 Å². The van der Waals surface area contributed by atoms with E-state index >= 15 is 0 Å². The van der Waals surface area contributed by atoms with Gasteiger partial charge in [-0.25, -0.2) is 4.57 Å². The molecule has 3 atom stereocenters. The fourth-order valence-corrected chi connectivity index (χ4v) is 0.983. The predicted octanol–water partition coefficient (Wildman–Crippen LogP) is -2.23. The third-order valence-electron chi connectivity index (χ3n) is 1.52. The Kier molecular flexibility index (Phi) is 5.54. The molecule has 5 N–H and O–H groups in total. The maximum absolute atomic E-state index is 10.9. The van der Waals surface area contributed by atoms with Crippen molar-refractivity contribution in [3.05, 3.63) is 0 Å². The Bertz CT molecular complexity index is 258. The van der Waals surface area contributed by atoms with Crippen molar-refractivity contribution < 1.29 is 39.0 Å². The van der Waals surface area contributed by atoms with Gasteiger partial charge < -0.3 is 25.1 Å². The SMILES string of the molecule is C[C@@H](O)[C@H](O)[C@@H](O)C(=O)COP(=O)(O)O. The molecule has 8 nitrogen and oxygen atoms in total. The first kappa shape index (κ1) is 14.7. The predicted molar refractivity (Wildman–Crippen MR) is 46.7 cm³/mol. The minimum Gasteiger partial charge on any atom is -0.391 e. The van der Waals surface area contributed by atoms with Gasteiger partial charge in [-0.1, -0.05) is 0 Å². The van der Waals surface area contributed by atoms with Crippen LogP contribution in [0.3, 0.4) is 0 Å². The van der Waals surface area contributed by atoms with Crippen LogP contribution >= 0.6 is 7.82 Å². The lowest BCUT2D eigenvalue weighted by molar-refractivity contribution is -0.140. The average molecular weight is 244 g/mol. The first-order valence-corrected chi connectivity index (χ1v) is 5.45. The zero-order chi connectivity index (χ0) is 12.2. The van der Waals surface area contributed by atoms with Gasteiger partial charge in [0, 0.05) is 0 Å². The molecule has 9 heteroatoms. The molecule has 0 bridgehead atoms. The highest BCUT2D eigenvalue weighted by molar-refractivity contribution is 7.46. The third-order valence-corrected chi connectivity index (χ3v) is 1.99. The van der Waals surface area contributed by atoms with Crippen molar-refractivity contribution in [3.63, 3.8) is 0 Å². The van der Waals surface area contributed by atoms with E-state index in [1.807, 2.05) is 0 Å². The summed E-state index contributed by atoms with van der Waals surface area (Å²) in [5, 5.41) is 26.9. The Labute approximate surface area is 85.4 Å². The number of rotatable bonds is 6. The van der Waals surface area contributed by atoms with Crippen LogP contribution in [0.4, 0.5) is 0 Å². The molecule has 0 aromatic heterocycles. The molecular weight excluding hydrogens is 231 g/mol. The van der Waals surface area contributed by atoms with Gasteiger partial charge in [0.25, 0.3) is 0 Å². The molecule has 0 aliphatic rings. The van der Waals surface area contributed by atoms with Gasteiger partial charge >= 0.3 is 7.82 Å². The second-order valence-corrected chi connectivity index (χ2v) is 4.15. The Morgan fingerprint density at radius 3 is 2.13 bits per heavy atom. The quantitative estimate of drug-likeness (QED) is 0.330. The van der Waals surface area contributed by atoms with Crippen LogP contribution in [0.2, 0.25) is 0 Å². The number of Topliss-reactive ketones (excluding diaryl/α,β-unsaturated/α-hetero) is 1. The van der Waals surface area contributed by atoms with Crippen molar-refractivity contribution in [3.8, 4) is 0 Å². The summed E-state index contributed by atoms with van der Waals surface area (Å²) in [7, 11) is -4.79. The highest BCUT2D eigenvalue weighted by Gasteiger charge is 2.29. The molecule has 15 heavy (non-hydrogen) atoms. The van der Waals surface area contributed by atoms with E-state index in [0.717, 1.165) is 6.92 Å². The molecule has 0 radical (unpaired) electrons. The summed E-state index contributed by atoms with van der Waals surface area (Å²) in [6, 6.07) is 0. The van der Waals surface area contributed by atoms with Crippen LogP contribution in [0.1, 0.15) is 6.92 Å². The van der Waals surface area contributed by atoms with E-state index in [2.05, 4.69) is 4.52 Å². The molecule has 0 unspecified atom stereocenters. The molecule has 0 heterocycles. The molecule has 0 amide bonds. The number of aliphatic hydroxyl groups excluding tert-OH is 3. The third kappa shape index (κ3) is 5.95. The summed E-state index contributed by atoms with van der Waals surface area (Å²) in [5.74, 6) is -1.13. The number of hydrogen-bond acceptors (Lipinski definition) is 6. The maximum Gasteiger partial charge on any atom is 0.470 e. The van der Waals surface area contributed by atoms with Gasteiger partial charge in [0.05, 0.1) is 6.10 Å². The number of phosphoric ester groups is 1. The van der Waals surface area contributed by atoms with Crippen molar-refractivity contribution in [2.45, 2.75) is 25.2 Å². The molecule has 0 aromatic rings. The molecule has 0 saturated heterocycles. The van der Waals surface area contributed by atoms with E-state index in [9.17, 15) is 9.36 Å². The van der Waals surface area contributed by atoms with Crippen molar-refractivity contribution in [1.29, 1.82) is 0 Å². The first-order valence-electron chi connectivity index (χ1n) is 3.92. The summed E-state index contributed by atoms with van der Waals surface area (Å²) in [5.41, 5.74) is 0. The van der Waals surface area contributed by atoms with Crippen LogP contribution in [0.15, 0.2) is 0 Å². The first-order chi connectivity index (χ1) is 6.65. The molecule has 0 rings (SSSR count). The Hall–Kier alpha value is -0.340.